The third-order valence-electron chi connectivity index (χ3n) is 2.16. The second kappa shape index (κ2) is 5.46. The minimum Gasteiger partial charge on any atom is -0.491 e. The number of hydrogen-bond donors (Lipinski definition) is 2. The molecule has 1 unspecified atom stereocenters. The minimum absolute atomic E-state index is 0.00876. The van der Waals surface area contributed by atoms with Crippen LogP contribution in [0.2, 0.25) is 0 Å². The largest absolute Gasteiger partial charge is 0.491 e. The first-order chi connectivity index (χ1) is 7.56. The molecule has 0 spiro atoms. The fourth-order valence-electron chi connectivity index (χ4n) is 1.32. The highest BCUT2D eigenvalue weighted by Crippen LogP contribution is 2.22. The SMILES string of the molecule is Cc1cc(C(N)C(=O)O)ccc1OCCF. The Morgan fingerprint density at radius 2 is 2.31 bits per heavy atom. The van der Waals surface area contributed by atoms with Crippen LogP contribution in [-0.4, -0.2) is 24.4 Å². The van der Waals surface area contributed by atoms with Crippen LogP contribution in [0, 0.1) is 6.92 Å². The molecule has 1 atom stereocenters. The molecule has 1 rings (SSSR count). The van der Waals surface area contributed by atoms with Crippen molar-refractivity contribution in [3.63, 3.8) is 0 Å². The number of benzene rings is 1. The van der Waals surface area contributed by atoms with Gasteiger partial charge in [-0.15, -0.1) is 0 Å². The summed E-state index contributed by atoms with van der Waals surface area (Å²) >= 11 is 0. The summed E-state index contributed by atoms with van der Waals surface area (Å²) in [5, 5.41) is 8.73. The highest BCUT2D eigenvalue weighted by Gasteiger charge is 2.15. The van der Waals surface area contributed by atoms with Crippen LogP contribution in [-0.2, 0) is 4.79 Å². The third kappa shape index (κ3) is 2.93. The van der Waals surface area contributed by atoms with E-state index in [-0.39, 0.29) is 6.61 Å². The zero-order valence-electron chi connectivity index (χ0n) is 8.94. The topological polar surface area (TPSA) is 72.6 Å². The summed E-state index contributed by atoms with van der Waals surface area (Å²) in [4.78, 5) is 10.7. The molecule has 3 N–H and O–H groups in total. The van der Waals surface area contributed by atoms with Gasteiger partial charge in [0.25, 0.3) is 0 Å². The van der Waals surface area contributed by atoms with Gasteiger partial charge < -0.3 is 15.6 Å². The summed E-state index contributed by atoms with van der Waals surface area (Å²) in [7, 11) is 0. The molecule has 0 bridgehead atoms. The maximum atomic E-state index is 11.9. The molecule has 4 nitrogen and oxygen atoms in total. The molecule has 0 saturated carbocycles. The molecule has 0 aliphatic carbocycles. The first-order valence-corrected chi connectivity index (χ1v) is 4.84. The van der Waals surface area contributed by atoms with Gasteiger partial charge in [-0.2, -0.15) is 0 Å². The van der Waals surface area contributed by atoms with Crippen molar-refractivity contribution >= 4 is 5.97 Å². The number of carboxylic acids is 1. The number of halogens is 1. The molecule has 0 saturated heterocycles. The lowest BCUT2D eigenvalue weighted by Crippen LogP contribution is -2.20. The van der Waals surface area contributed by atoms with Crippen LogP contribution < -0.4 is 10.5 Å². The number of alkyl halides is 1. The summed E-state index contributed by atoms with van der Waals surface area (Å²) in [6, 6.07) is 3.75. The Balaban J connectivity index is 2.86. The van der Waals surface area contributed by atoms with Crippen LogP contribution >= 0.6 is 0 Å². The predicted molar refractivity (Wildman–Crippen MR) is 57.2 cm³/mol. The van der Waals surface area contributed by atoms with Gasteiger partial charge >= 0.3 is 5.97 Å². The fraction of sp³-hybridized carbons (Fsp3) is 0.364. The summed E-state index contributed by atoms with van der Waals surface area (Å²) in [6.07, 6.45) is 0. The maximum absolute atomic E-state index is 11.9. The molecule has 1 aromatic carbocycles. The second-order valence-corrected chi connectivity index (χ2v) is 3.38. The molecule has 0 aliphatic heterocycles. The summed E-state index contributed by atoms with van der Waals surface area (Å²) in [5.41, 5.74) is 6.69. The lowest BCUT2D eigenvalue weighted by Gasteiger charge is -2.11. The number of carbonyl (C=O) groups is 1. The number of hydrogen-bond acceptors (Lipinski definition) is 3. The molecular formula is C11H14FNO3. The van der Waals surface area contributed by atoms with Gasteiger partial charge in [-0.25, -0.2) is 4.39 Å². The van der Waals surface area contributed by atoms with Crippen LogP contribution in [0.15, 0.2) is 18.2 Å². The van der Waals surface area contributed by atoms with Gasteiger partial charge in [0.15, 0.2) is 0 Å². The molecule has 0 fully saturated rings. The Morgan fingerprint density at radius 1 is 1.62 bits per heavy atom. The first-order valence-electron chi connectivity index (χ1n) is 4.84. The van der Waals surface area contributed by atoms with Crippen molar-refractivity contribution in [3.8, 4) is 5.75 Å². The molecule has 16 heavy (non-hydrogen) atoms. The maximum Gasteiger partial charge on any atom is 0.325 e. The van der Waals surface area contributed by atoms with E-state index >= 15 is 0 Å². The smallest absolute Gasteiger partial charge is 0.325 e. The van der Waals surface area contributed by atoms with E-state index in [2.05, 4.69) is 0 Å². The van der Waals surface area contributed by atoms with Gasteiger partial charge in [0.1, 0.15) is 25.1 Å². The lowest BCUT2D eigenvalue weighted by molar-refractivity contribution is -0.138. The van der Waals surface area contributed by atoms with E-state index in [1.807, 2.05) is 0 Å². The summed E-state index contributed by atoms with van der Waals surface area (Å²) in [6.45, 7) is 1.19. The van der Waals surface area contributed by atoms with Gasteiger partial charge in [-0.1, -0.05) is 12.1 Å². The van der Waals surface area contributed by atoms with Crippen LogP contribution in [0.4, 0.5) is 4.39 Å². The van der Waals surface area contributed by atoms with E-state index in [1.54, 1.807) is 25.1 Å². The Labute approximate surface area is 92.8 Å². The van der Waals surface area contributed by atoms with Crippen molar-refractivity contribution in [1.82, 2.24) is 0 Å². The molecule has 0 heterocycles. The van der Waals surface area contributed by atoms with Crippen LogP contribution in [0.25, 0.3) is 0 Å². The fourth-order valence-corrected chi connectivity index (χ4v) is 1.32. The first kappa shape index (κ1) is 12.4. The number of aliphatic carboxylic acids is 1. The van der Waals surface area contributed by atoms with Crippen molar-refractivity contribution < 1.29 is 19.0 Å². The van der Waals surface area contributed by atoms with Crippen LogP contribution in [0.3, 0.4) is 0 Å². The second-order valence-electron chi connectivity index (χ2n) is 3.38. The molecule has 88 valence electrons. The molecule has 0 aliphatic rings. The Hall–Kier alpha value is -1.62. The van der Waals surface area contributed by atoms with Crippen molar-refractivity contribution in [2.24, 2.45) is 5.73 Å². The third-order valence-corrected chi connectivity index (χ3v) is 2.16. The Kier molecular flexibility index (Phi) is 4.25. The molecule has 0 radical (unpaired) electrons. The quantitative estimate of drug-likeness (QED) is 0.798. The lowest BCUT2D eigenvalue weighted by atomic mass is 10.0. The van der Waals surface area contributed by atoms with Crippen LogP contribution in [0.1, 0.15) is 17.2 Å². The molecule has 5 heteroatoms. The van der Waals surface area contributed by atoms with Gasteiger partial charge in [-0.05, 0) is 24.1 Å². The van der Waals surface area contributed by atoms with Gasteiger partial charge in [-0.3, -0.25) is 4.79 Å². The van der Waals surface area contributed by atoms with E-state index in [0.717, 1.165) is 5.56 Å². The zero-order valence-corrected chi connectivity index (χ0v) is 8.94. The Morgan fingerprint density at radius 3 is 2.81 bits per heavy atom. The van der Waals surface area contributed by atoms with Crippen molar-refractivity contribution in [2.45, 2.75) is 13.0 Å². The van der Waals surface area contributed by atoms with E-state index in [4.69, 9.17) is 15.6 Å². The molecule has 1 aromatic rings. The van der Waals surface area contributed by atoms with E-state index < -0.39 is 18.7 Å². The average molecular weight is 227 g/mol. The van der Waals surface area contributed by atoms with Crippen molar-refractivity contribution in [3.05, 3.63) is 29.3 Å². The van der Waals surface area contributed by atoms with Crippen molar-refractivity contribution in [1.29, 1.82) is 0 Å². The van der Waals surface area contributed by atoms with E-state index in [0.29, 0.717) is 11.3 Å². The number of nitrogens with two attached hydrogens (primary N) is 1. The Bertz CT molecular complexity index is 381. The zero-order chi connectivity index (χ0) is 12.1. The number of rotatable bonds is 5. The average Bonchev–Trinajstić information content (AvgIpc) is 2.26. The monoisotopic (exact) mass is 227 g/mol. The molecule has 0 aromatic heterocycles. The van der Waals surface area contributed by atoms with Gasteiger partial charge in [0, 0.05) is 0 Å². The normalized spacial score (nSPS) is 12.2. The van der Waals surface area contributed by atoms with E-state index in [9.17, 15) is 9.18 Å². The standard InChI is InChI=1S/C11H14FNO3/c1-7-6-8(10(13)11(14)15)2-3-9(7)16-5-4-12/h2-3,6,10H,4-5,13H2,1H3,(H,14,15). The van der Waals surface area contributed by atoms with Crippen LogP contribution in [0.5, 0.6) is 5.75 Å². The summed E-state index contributed by atoms with van der Waals surface area (Å²) in [5.74, 6) is -0.546. The highest BCUT2D eigenvalue weighted by molar-refractivity contribution is 5.75. The summed E-state index contributed by atoms with van der Waals surface area (Å²) < 4.78 is 17.0. The number of carboxylic acid groups (broad SMARTS) is 1. The molecular weight excluding hydrogens is 213 g/mol. The molecule has 0 amide bonds. The minimum atomic E-state index is -1.09. The van der Waals surface area contributed by atoms with Gasteiger partial charge in [0.05, 0.1) is 0 Å². The predicted octanol–water partition coefficient (Wildman–Crippen LogP) is 1.43. The highest BCUT2D eigenvalue weighted by atomic mass is 19.1. The van der Waals surface area contributed by atoms with Gasteiger partial charge in [0.2, 0.25) is 0 Å². The van der Waals surface area contributed by atoms with Crippen molar-refractivity contribution in [2.75, 3.05) is 13.3 Å². The number of aryl methyl sites for hydroxylation is 1. The number of ether oxygens (including phenoxy) is 1. The van der Waals surface area contributed by atoms with E-state index in [1.165, 1.54) is 0 Å².